The first-order valence-electron chi connectivity index (χ1n) is 8.37. The van der Waals surface area contributed by atoms with E-state index in [1.807, 2.05) is 18.2 Å². The number of unbranched alkanes of at least 4 members (excludes halogenated alkanes) is 3. The number of carbonyl (C=O) groups excluding carboxylic acids is 1. The van der Waals surface area contributed by atoms with E-state index in [4.69, 9.17) is 16.3 Å². The van der Waals surface area contributed by atoms with Crippen LogP contribution in [-0.4, -0.2) is 48.6 Å². The molecule has 0 bridgehead atoms. The van der Waals surface area contributed by atoms with E-state index in [0.29, 0.717) is 5.02 Å². The number of rotatable bonds is 7. The summed E-state index contributed by atoms with van der Waals surface area (Å²) >= 11 is 6.07. The Labute approximate surface area is 144 Å². The van der Waals surface area contributed by atoms with Crippen LogP contribution in [0.25, 0.3) is 0 Å². The molecule has 5 heteroatoms. The molecule has 1 aliphatic heterocycles. The van der Waals surface area contributed by atoms with Gasteiger partial charge in [0, 0.05) is 36.8 Å². The van der Waals surface area contributed by atoms with Gasteiger partial charge in [-0.2, -0.15) is 0 Å². The van der Waals surface area contributed by atoms with Crippen LogP contribution in [0.15, 0.2) is 24.3 Å². The summed E-state index contributed by atoms with van der Waals surface area (Å²) in [6, 6.07) is 7.43. The molecule has 1 saturated heterocycles. The molecule has 0 aromatic heterocycles. The lowest BCUT2D eigenvalue weighted by Crippen LogP contribution is -2.48. The van der Waals surface area contributed by atoms with Crippen LogP contribution >= 0.6 is 11.6 Å². The van der Waals surface area contributed by atoms with Gasteiger partial charge in [-0.3, -0.25) is 4.90 Å². The summed E-state index contributed by atoms with van der Waals surface area (Å²) in [5.41, 5.74) is 0.839. The van der Waals surface area contributed by atoms with Crippen LogP contribution in [0, 0.1) is 6.92 Å². The monoisotopic (exact) mass is 337 g/mol. The number of benzene rings is 1. The molecule has 1 heterocycles. The van der Waals surface area contributed by atoms with Crippen LogP contribution in [0.1, 0.15) is 31.2 Å². The third-order valence-electron chi connectivity index (χ3n) is 4.16. The molecule has 23 heavy (non-hydrogen) atoms. The van der Waals surface area contributed by atoms with E-state index < -0.39 is 0 Å². The van der Waals surface area contributed by atoms with Gasteiger partial charge in [-0.1, -0.05) is 56.0 Å². The van der Waals surface area contributed by atoms with Crippen molar-refractivity contribution in [3.63, 3.8) is 0 Å². The van der Waals surface area contributed by atoms with Crippen LogP contribution in [0.3, 0.4) is 0 Å². The van der Waals surface area contributed by atoms with Crippen LogP contribution in [0.4, 0.5) is 4.79 Å². The molecular weight excluding hydrogens is 312 g/mol. The average molecular weight is 338 g/mol. The van der Waals surface area contributed by atoms with Crippen molar-refractivity contribution in [2.45, 2.75) is 32.3 Å². The third-order valence-corrected chi connectivity index (χ3v) is 4.53. The second-order valence-corrected chi connectivity index (χ2v) is 6.30. The quantitative estimate of drug-likeness (QED) is 0.705. The molecule has 1 aliphatic rings. The Bertz CT molecular complexity index is 488. The van der Waals surface area contributed by atoms with Crippen molar-refractivity contribution in [1.82, 2.24) is 9.80 Å². The first-order chi connectivity index (χ1) is 11.2. The van der Waals surface area contributed by atoms with Crippen LogP contribution in [-0.2, 0) is 11.3 Å². The van der Waals surface area contributed by atoms with E-state index >= 15 is 0 Å². The summed E-state index contributed by atoms with van der Waals surface area (Å²) in [6.07, 6.45) is 4.43. The molecule has 1 aromatic rings. The summed E-state index contributed by atoms with van der Waals surface area (Å²) in [5.74, 6) is 0. The maximum absolute atomic E-state index is 12.1. The molecule has 1 fully saturated rings. The Balaban J connectivity index is 1.66. The lowest BCUT2D eigenvalue weighted by molar-refractivity contribution is 0.0713. The molecule has 0 N–H and O–H groups in total. The highest BCUT2D eigenvalue weighted by Gasteiger charge is 2.21. The zero-order chi connectivity index (χ0) is 16.5. The van der Waals surface area contributed by atoms with Crippen LogP contribution < -0.4 is 0 Å². The van der Waals surface area contributed by atoms with Gasteiger partial charge in [0.25, 0.3) is 0 Å². The van der Waals surface area contributed by atoms with Gasteiger partial charge in [0.1, 0.15) is 6.61 Å². The number of amides is 1. The smallest absolute Gasteiger partial charge is 0.410 e. The standard InChI is InChI=1S/C18H26ClN2O2/c1-2-3-4-7-10-20-11-13-21(14-12-20)18(22)23-15-16-8-5-6-9-17(16)19/h5-6,8-9H,1-4,7,10-15H2. The van der Waals surface area contributed by atoms with Crippen molar-refractivity contribution in [1.29, 1.82) is 0 Å². The summed E-state index contributed by atoms with van der Waals surface area (Å²) in [6.45, 7) is 8.51. The Morgan fingerprint density at radius 3 is 2.57 bits per heavy atom. The van der Waals surface area contributed by atoms with Crippen LogP contribution in [0.2, 0.25) is 5.02 Å². The first kappa shape index (κ1) is 18.1. The zero-order valence-corrected chi connectivity index (χ0v) is 14.4. The Morgan fingerprint density at radius 2 is 1.87 bits per heavy atom. The lowest BCUT2D eigenvalue weighted by atomic mass is 10.2. The van der Waals surface area contributed by atoms with E-state index in [9.17, 15) is 4.79 Å². The number of ether oxygens (including phenoxy) is 1. The lowest BCUT2D eigenvalue weighted by Gasteiger charge is -2.34. The predicted octanol–water partition coefficient (Wildman–Crippen LogP) is 3.99. The normalized spacial score (nSPS) is 15.7. The van der Waals surface area contributed by atoms with Crippen LogP contribution in [0.5, 0.6) is 0 Å². The maximum Gasteiger partial charge on any atom is 0.410 e. The highest BCUT2D eigenvalue weighted by atomic mass is 35.5. The second-order valence-electron chi connectivity index (χ2n) is 5.89. The summed E-state index contributed by atoms with van der Waals surface area (Å²) < 4.78 is 5.37. The van der Waals surface area contributed by atoms with E-state index in [2.05, 4.69) is 11.8 Å². The molecule has 0 atom stereocenters. The largest absolute Gasteiger partial charge is 0.444 e. The predicted molar refractivity (Wildman–Crippen MR) is 93.5 cm³/mol. The van der Waals surface area contributed by atoms with Gasteiger partial charge in [-0.15, -0.1) is 0 Å². The summed E-state index contributed by atoms with van der Waals surface area (Å²) in [5, 5.41) is 0.632. The Hall–Kier alpha value is -1.26. The molecule has 1 amide bonds. The van der Waals surface area contributed by atoms with Gasteiger partial charge in [-0.05, 0) is 19.0 Å². The molecule has 0 saturated carbocycles. The van der Waals surface area contributed by atoms with Crippen molar-refractivity contribution in [3.05, 3.63) is 41.8 Å². The van der Waals surface area contributed by atoms with E-state index in [1.165, 1.54) is 19.3 Å². The second kappa shape index (κ2) is 9.78. The molecule has 1 aromatic carbocycles. The van der Waals surface area contributed by atoms with Gasteiger partial charge in [0.05, 0.1) is 0 Å². The third kappa shape index (κ3) is 6.04. The van der Waals surface area contributed by atoms with Crippen molar-refractivity contribution < 1.29 is 9.53 Å². The number of carbonyl (C=O) groups is 1. The molecule has 4 nitrogen and oxygen atoms in total. The number of hydrogen-bond donors (Lipinski definition) is 0. The topological polar surface area (TPSA) is 32.8 Å². The van der Waals surface area contributed by atoms with E-state index in [-0.39, 0.29) is 12.7 Å². The van der Waals surface area contributed by atoms with Gasteiger partial charge in [0.15, 0.2) is 0 Å². The maximum atomic E-state index is 12.1. The number of hydrogen-bond acceptors (Lipinski definition) is 3. The van der Waals surface area contributed by atoms with E-state index in [0.717, 1.165) is 44.7 Å². The van der Waals surface area contributed by atoms with Gasteiger partial charge in [0.2, 0.25) is 0 Å². The van der Waals surface area contributed by atoms with Gasteiger partial charge < -0.3 is 9.64 Å². The highest BCUT2D eigenvalue weighted by molar-refractivity contribution is 6.31. The minimum absolute atomic E-state index is 0.226. The minimum Gasteiger partial charge on any atom is -0.444 e. The summed E-state index contributed by atoms with van der Waals surface area (Å²) in [4.78, 5) is 16.3. The Morgan fingerprint density at radius 1 is 1.13 bits per heavy atom. The average Bonchev–Trinajstić information content (AvgIpc) is 2.58. The number of nitrogens with zero attached hydrogens (tertiary/aromatic N) is 2. The first-order valence-corrected chi connectivity index (χ1v) is 8.75. The molecule has 0 spiro atoms. The summed E-state index contributed by atoms with van der Waals surface area (Å²) in [7, 11) is 0. The van der Waals surface area contributed by atoms with Crippen molar-refractivity contribution in [3.8, 4) is 0 Å². The molecule has 127 valence electrons. The molecular formula is C18H26ClN2O2. The van der Waals surface area contributed by atoms with Crippen molar-refractivity contribution in [2.24, 2.45) is 0 Å². The van der Waals surface area contributed by atoms with Gasteiger partial charge in [-0.25, -0.2) is 4.79 Å². The van der Waals surface area contributed by atoms with Crippen molar-refractivity contribution in [2.75, 3.05) is 32.7 Å². The molecule has 0 unspecified atom stereocenters. The minimum atomic E-state index is -0.248. The molecule has 0 aliphatic carbocycles. The highest BCUT2D eigenvalue weighted by Crippen LogP contribution is 2.16. The zero-order valence-electron chi connectivity index (χ0n) is 13.7. The van der Waals surface area contributed by atoms with E-state index in [1.54, 1.807) is 11.0 Å². The number of halogens is 1. The number of piperazine rings is 1. The Kier molecular flexibility index (Phi) is 7.69. The molecule has 1 radical (unpaired) electrons. The molecule has 2 rings (SSSR count). The van der Waals surface area contributed by atoms with Gasteiger partial charge >= 0.3 is 6.09 Å². The van der Waals surface area contributed by atoms with Crippen molar-refractivity contribution >= 4 is 17.7 Å². The fraction of sp³-hybridized carbons (Fsp3) is 0.556. The fourth-order valence-electron chi connectivity index (χ4n) is 2.69. The SMILES string of the molecule is [CH2]CCCCCN1CCN(C(=O)OCc2ccccc2Cl)CC1. The fourth-order valence-corrected chi connectivity index (χ4v) is 2.88.